The van der Waals surface area contributed by atoms with Gasteiger partial charge in [-0.15, -0.1) is 0 Å². The van der Waals surface area contributed by atoms with Crippen molar-refractivity contribution in [2.45, 2.75) is 0 Å². The third-order valence-corrected chi connectivity index (χ3v) is 2.66. The number of rotatable bonds is 5. The molecule has 0 fully saturated rings. The average molecular weight is 272 g/mol. The fourth-order valence-electron chi connectivity index (χ4n) is 1.69. The minimum atomic E-state index is 0.144. The Hall–Kier alpha value is -2.62. The lowest BCUT2D eigenvalue weighted by Crippen LogP contribution is -1.86. The number of ether oxygens (including phenoxy) is 3. The molecule has 20 heavy (non-hydrogen) atoms. The van der Waals surface area contributed by atoms with Gasteiger partial charge in [-0.25, -0.2) is 0 Å². The van der Waals surface area contributed by atoms with Crippen molar-refractivity contribution in [3.63, 3.8) is 0 Å². The zero-order valence-corrected chi connectivity index (χ0v) is 11.4. The molecule has 0 saturated carbocycles. The molecular formula is C16H16O4. The summed E-state index contributed by atoms with van der Waals surface area (Å²) in [5, 5.41) is 9.54. The van der Waals surface area contributed by atoms with Gasteiger partial charge in [0.2, 0.25) is 0 Å². The fourth-order valence-corrected chi connectivity index (χ4v) is 1.69. The number of methoxy groups -OCH3 is 2. The van der Waals surface area contributed by atoms with Crippen LogP contribution in [0, 0.1) is 0 Å². The van der Waals surface area contributed by atoms with Crippen LogP contribution in [0.15, 0.2) is 48.7 Å². The van der Waals surface area contributed by atoms with Gasteiger partial charge in [0.05, 0.1) is 20.5 Å². The second-order valence-electron chi connectivity index (χ2n) is 4.06. The van der Waals surface area contributed by atoms with E-state index >= 15 is 0 Å². The van der Waals surface area contributed by atoms with Crippen molar-refractivity contribution in [3.05, 3.63) is 54.3 Å². The third kappa shape index (κ3) is 3.68. The Morgan fingerprint density at radius 3 is 2.40 bits per heavy atom. The number of hydrogen-bond donors (Lipinski definition) is 1. The van der Waals surface area contributed by atoms with E-state index in [4.69, 9.17) is 14.2 Å². The van der Waals surface area contributed by atoms with Gasteiger partial charge in [-0.1, -0.05) is 6.07 Å². The first-order chi connectivity index (χ1) is 9.71. The van der Waals surface area contributed by atoms with Crippen LogP contribution in [0.3, 0.4) is 0 Å². The maximum absolute atomic E-state index is 9.54. The van der Waals surface area contributed by atoms with E-state index in [0.717, 1.165) is 11.3 Å². The Bertz CT molecular complexity index is 605. The summed E-state index contributed by atoms with van der Waals surface area (Å²) in [6.45, 7) is 0. The lowest BCUT2D eigenvalue weighted by atomic mass is 10.2. The zero-order valence-electron chi connectivity index (χ0n) is 11.4. The zero-order chi connectivity index (χ0) is 14.4. The maximum atomic E-state index is 9.54. The van der Waals surface area contributed by atoms with Crippen LogP contribution in [-0.2, 0) is 0 Å². The number of hydrogen-bond acceptors (Lipinski definition) is 4. The predicted molar refractivity (Wildman–Crippen MR) is 77.3 cm³/mol. The van der Waals surface area contributed by atoms with Crippen molar-refractivity contribution in [2.75, 3.05) is 14.2 Å². The Kier molecular flexibility index (Phi) is 4.50. The first-order valence-corrected chi connectivity index (χ1v) is 6.06. The highest BCUT2D eigenvalue weighted by Gasteiger charge is 1.98. The molecule has 0 bridgehead atoms. The molecule has 0 atom stereocenters. The lowest BCUT2D eigenvalue weighted by Gasteiger charge is -2.04. The normalized spacial score (nSPS) is 10.5. The second kappa shape index (κ2) is 6.52. The molecule has 2 rings (SSSR count). The van der Waals surface area contributed by atoms with Gasteiger partial charge in [0.1, 0.15) is 23.0 Å². The molecule has 0 aliphatic carbocycles. The molecule has 4 nitrogen and oxygen atoms in total. The third-order valence-electron chi connectivity index (χ3n) is 2.66. The molecule has 104 valence electrons. The van der Waals surface area contributed by atoms with Crippen molar-refractivity contribution >= 4 is 6.08 Å². The van der Waals surface area contributed by atoms with E-state index in [1.807, 2.05) is 18.2 Å². The molecule has 0 aliphatic rings. The van der Waals surface area contributed by atoms with Crippen LogP contribution in [-0.4, -0.2) is 19.3 Å². The largest absolute Gasteiger partial charge is 0.508 e. The van der Waals surface area contributed by atoms with Gasteiger partial charge >= 0.3 is 0 Å². The number of benzene rings is 2. The van der Waals surface area contributed by atoms with E-state index in [-0.39, 0.29) is 5.75 Å². The van der Waals surface area contributed by atoms with Crippen molar-refractivity contribution < 1.29 is 19.3 Å². The van der Waals surface area contributed by atoms with E-state index in [9.17, 15) is 5.11 Å². The van der Waals surface area contributed by atoms with Crippen molar-refractivity contribution in [1.29, 1.82) is 0 Å². The minimum absolute atomic E-state index is 0.144. The van der Waals surface area contributed by atoms with Crippen LogP contribution in [0.25, 0.3) is 6.08 Å². The molecule has 2 aromatic carbocycles. The number of aromatic hydroxyl groups is 1. The second-order valence-corrected chi connectivity index (χ2v) is 4.06. The summed E-state index contributed by atoms with van der Waals surface area (Å²) >= 11 is 0. The van der Waals surface area contributed by atoms with Crippen LogP contribution in [0.4, 0.5) is 0 Å². The van der Waals surface area contributed by atoms with Gasteiger partial charge in [0, 0.05) is 12.1 Å². The summed E-state index contributed by atoms with van der Waals surface area (Å²) in [7, 11) is 3.16. The molecule has 0 aliphatic heterocycles. The number of phenolic OH excluding ortho intramolecular Hbond substituents is 1. The van der Waals surface area contributed by atoms with Crippen molar-refractivity contribution in [2.24, 2.45) is 0 Å². The summed E-state index contributed by atoms with van der Waals surface area (Å²) in [6.07, 6.45) is 3.28. The first-order valence-electron chi connectivity index (χ1n) is 6.06. The monoisotopic (exact) mass is 272 g/mol. The Morgan fingerprint density at radius 2 is 1.65 bits per heavy atom. The summed E-state index contributed by atoms with van der Waals surface area (Å²) < 4.78 is 15.7. The van der Waals surface area contributed by atoms with Gasteiger partial charge in [0.25, 0.3) is 0 Å². The van der Waals surface area contributed by atoms with Crippen LogP contribution < -0.4 is 14.2 Å². The SMILES string of the molecule is COc1cc(O)cc(C=COc2cccc(OC)c2)c1. The predicted octanol–water partition coefficient (Wildman–Crippen LogP) is 3.46. The Balaban J connectivity index is 2.07. The molecule has 0 aromatic heterocycles. The van der Waals surface area contributed by atoms with E-state index in [2.05, 4.69) is 0 Å². The average Bonchev–Trinajstić information content (AvgIpc) is 2.47. The molecule has 0 radical (unpaired) electrons. The molecular weight excluding hydrogens is 256 g/mol. The molecule has 1 N–H and O–H groups in total. The maximum Gasteiger partial charge on any atom is 0.130 e. The smallest absolute Gasteiger partial charge is 0.130 e. The topological polar surface area (TPSA) is 47.9 Å². The van der Waals surface area contributed by atoms with Crippen LogP contribution in [0.1, 0.15) is 5.56 Å². The molecule has 0 amide bonds. The van der Waals surface area contributed by atoms with E-state index in [1.165, 1.54) is 0 Å². The molecule has 0 spiro atoms. The highest BCUT2D eigenvalue weighted by Crippen LogP contribution is 2.23. The Labute approximate surface area is 117 Å². The quantitative estimate of drug-likeness (QED) is 0.847. The molecule has 0 saturated heterocycles. The van der Waals surface area contributed by atoms with Gasteiger partial charge in [-0.2, -0.15) is 0 Å². The lowest BCUT2D eigenvalue weighted by molar-refractivity contribution is 0.407. The fraction of sp³-hybridized carbons (Fsp3) is 0.125. The van der Waals surface area contributed by atoms with Gasteiger partial charge in [-0.3, -0.25) is 0 Å². The summed E-state index contributed by atoms with van der Waals surface area (Å²) in [6, 6.07) is 12.3. The summed E-state index contributed by atoms with van der Waals surface area (Å²) in [4.78, 5) is 0. The van der Waals surface area contributed by atoms with Crippen LogP contribution >= 0.6 is 0 Å². The van der Waals surface area contributed by atoms with Crippen molar-refractivity contribution in [1.82, 2.24) is 0 Å². The summed E-state index contributed by atoms with van der Waals surface area (Å²) in [5.74, 6) is 2.14. The molecule has 0 unspecified atom stereocenters. The molecule has 2 aromatic rings. The van der Waals surface area contributed by atoms with Crippen molar-refractivity contribution in [3.8, 4) is 23.0 Å². The van der Waals surface area contributed by atoms with Gasteiger partial charge in [-0.05, 0) is 35.9 Å². The highest BCUT2D eigenvalue weighted by molar-refractivity contribution is 5.54. The van der Waals surface area contributed by atoms with E-state index in [0.29, 0.717) is 11.5 Å². The molecule has 0 heterocycles. The number of phenols is 1. The Morgan fingerprint density at radius 1 is 0.900 bits per heavy atom. The molecule has 4 heteroatoms. The highest BCUT2D eigenvalue weighted by atomic mass is 16.5. The van der Waals surface area contributed by atoms with E-state index in [1.54, 1.807) is 50.8 Å². The minimum Gasteiger partial charge on any atom is -0.508 e. The van der Waals surface area contributed by atoms with Crippen LogP contribution in [0.5, 0.6) is 23.0 Å². The van der Waals surface area contributed by atoms with Gasteiger partial charge < -0.3 is 19.3 Å². The summed E-state index contributed by atoms with van der Waals surface area (Å²) in [5.41, 5.74) is 0.782. The standard InChI is InChI=1S/C16H16O4/c1-18-14-4-3-5-15(11-14)20-7-6-12-8-13(17)10-16(9-12)19-2/h3-11,17H,1-2H3. The first kappa shape index (κ1) is 13.8. The van der Waals surface area contributed by atoms with E-state index < -0.39 is 0 Å². The van der Waals surface area contributed by atoms with Crippen LogP contribution in [0.2, 0.25) is 0 Å². The van der Waals surface area contributed by atoms with Gasteiger partial charge in [0.15, 0.2) is 0 Å².